The highest BCUT2D eigenvalue weighted by Gasteiger charge is 2.28. The molecule has 0 spiro atoms. The number of hydrogen-bond donors (Lipinski definition) is 1. The zero-order valence-electron chi connectivity index (χ0n) is 16.3. The van der Waals surface area contributed by atoms with Crippen molar-refractivity contribution in [3.8, 4) is 0 Å². The normalized spacial score (nSPS) is 23.9. The fourth-order valence-corrected chi connectivity index (χ4v) is 5.60. The van der Waals surface area contributed by atoms with E-state index >= 15 is 0 Å². The summed E-state index contributed by atoms with van der Waals surface area (Å²) in [5, 5.41) is 10.4. The second-order valence-electron chi connectivity index (χ2n) is 7.91. The molecule has 0 saturated heterocycles. The first-order valence-corrected chi connectivity index (χ1v) is 12.5. The molecule has 0 saturated carbocycles. The zero-order chi connectivity index (χ0) is 18.3. The Hall–Kier alpha value is -1.16. The molecule has 1 aromatic rings. The molecule has 25 heavy (non-hydrogen) atoms. The fourth-order valence-electron chi connectivity index (χ4n) is 3.53. The SMILES string of the molecule is CC1=CC(O)CCC1.CC1=CC(O[Si](C)(C)c2ccccc2)CCC1. The summed E-state index contributed by atoms with van der Waals surface area (Å²) in [5.74, 6) is 0. The number of rotatable bonds is 3. The minimum atomic E-state index is -1.74. The smallest absolute Gasteiger partial charge is 0.218 e. The van der Waals surface area contributed by atoms with E-state index in [1.165, 1.54) is 42.0 Å². The van der Waals surface area contributed by atoms with Gasteiger partial charge >= 0.3 is 0 Å². The van der Waals surface area contributed by atoms with E-state index in [2.05, 4.69) is 63.3 Å². The minimum Gasteiger partial charge on any atom is -0.407 e. The molecule has 3 heteroatoms. The molecule has 0 heterocycles. The first kappa shape index (κ1) is 20.2. The van der Waals surface area contributed by atoms with E-state index in [0.29, 0.717) is 6.10 Å². The lowest BCUT2D eigenvalue weighted by Gasteiger charge is -2.30. The molecule has 1 N–H and O–H groups in total. The summed E-state index contributed by atoms with van der Waals surface area (Å²) in [7, 11) is -1.74. The van der Waals surface area contributed by atoms with Crippen molar-refractivity contribution in [1.29, 1.82) is 0 Å². The maximum absolute atomic E-state index is 9.00. The first-order chi connectivity index (χ1) is 11.9. The summed E-state index contributed by atoms with van der Waals surface area (Å²) in [6.45, 7) is 8.87. The van der Waals surface area contributed by atoms with Crippen LogP contribution in [0.4, 0.5) is 0 Å². The van der Waals surface area contributed by atoms with Crippen molar-refractivity contribution >= 4 is 13.5 Å². The Morgan fingerprint density at radius 1 is 0.920 bits per heavy atom. The van der Waals surface area contributed by atoms with E-state index in [0.717, 1.165) is 12.8 Å². The van der Waals surface area contributed by atoms with Gasteiger partial charge in [-0.05, 0) is 70.7 Å². The highest BCUT2D eigenvalue weighted by Crippen LogP contribution is 2.22. The molecular weight excluding hydrogens is 324 g/mol. The van der Waals surface area contributed by atoms with Gasteiger partial charge in [0.25, 0.3) is 0 Å². The van der Waals surface area contributed by atoms with E-state index in [1.54, 1.807) is 0 Å². The Bertz CT molecular complexity index is 589. The van der Waals surface area contributed by atoms with Crippen LogP contribution in [-0.4, -0.2) is 25.6 Å². The van der Waals surface area contributed by atoms with Crippen LogP contribution in [0.25, 0.3) is 0 Å². The second-order valence-corrected chi connectivity index (χ2v) is 11.7. The van der Waals surface area contributed by atoms with Crippen LogP contribution in [0.15, 0.2) is 53.6 Å². The van der Waals surface area contributed by atoms with Gasteiger partial charge in [-0.2, -0.15) is 0 Å². The Morgan fingerprint density at radius 2 is 1.52 bits per heavy atom. The van der Waals surface area contributed by atoms with Crippen LogP contribution in [0.2, 0.25) is 13.1 Å². The van der Waals surface area contributed by atoms with Crippen molar-refractivity contribution in [2.75, 3.05) is 0 Å². The molecule has 2 atom stereocenters. The quantitative estimate of drug-likeness (QED) is 0.602. The van der Waals surface area contributed by atoms with Gasteiger partial charge in [-0.3, -0.25) is 0 Å². The summed E-state index contributed by atoms with van der Waals surface area (Å²) in [5.41, 5.74) is 2.82. The lowest BCUT2D eigenvalue weighted by Crippen LogP contribution is -2.47. The predicted molar refractivity (Wildman–Crippen MR) is 110 cm³/mol. The first-order valence-electron chi connectivity index (χ1n) is 9.63. The molecule has 1 aromatic carbocycles. The van der Waals surface area contributed by atoms with Crippen LogP contribution in [0, 0.1) is 0 Å². The average molecular weight is 359 g/mol. The second kappa shape index (κ2) is 9.51. The molecule has 0 aliphatic heterocycles. The Balaban J connectivity index is 0.000000236. The monoisotopic (exact) mass is 358 g/mol. The topological polar surface area (TPSA) is 29.5 Å². The summed E-state index contributed by atoms with van der Waals surface area (Å²) in [6.07, 6.45) is 11.4. The molecule has 0 bridgehead atoms. The molecule has 2 aliphatic carbocycles. The van der Waals surface area contributed by atoms with E-state index in [1.807, 2.05) is 6.08 Å². The van der Waals surface area contributed by atoms with Gasteiger partial charge in [0.1, 0.15) is 0 Å². The van der Waals surface area contributed by atoms with Crippen molar-refractivity contribution in [2.45, 2.75) is 77.7 Å². The zero-order valence-corrected chi connectivity index (χ0v) is 17.3. The Labute approximate surface area is 154 Å². The lowest BCUT2D eigenvalue weighted by molar-refractivity contribution is 0.202. The van der Waals surface area contributed by atoms with Crippen LogP contribution in [0.3, 0.4) is 0 Å². The van der Waals surface area contributed by atoms with E-state index in [4.69, 9.17) is 9.53 Å². The number of allylic oxidation sites excluding steroid dienone is 2. The van der Waals surface area contributed by atoms with Gasteiger partial charge in [-0.1, -0.05) is 53.6 Å². The summed E-state index contributed by atoms with van der Waals surface area (Å²) in [6, 6.07) is 10.7. The van der Waals surface area contributed by atoms with Crippen molar-refractivity contribution < 1.29 is 9.53 Å². The molecule has 3 rings (SSSR count). The average Bonchev–Trinajstić information content (AvgIpc) is 2.56. The van der Waals surface area contributed by atoms with Crippen molar-refractivity contribution in [2.24, 2.45) is 0 Å². The minimum absolute atomic E-state index is 0.149. The molecule has 0 amide bonds. The van der Waals surface area contributed by atoms with E-state index in [-0.39, 0.29) is 6.10 Å². The van der Waals surface area contributed by atoms with Crippen LogP contribution in [-0.2, 0) is 4.43 Å². The van der Waals surface area contributed by atoms with Gasteiger partial charge in [0.2, 0.25) is 8.32 Å². The number of aliphatic hydroxyl groups excluding tert-OH is 1. The third-order valence-corrected chi connectivity index (χ3v) is 7.61. The summed E-state index contributed by atoms with van der Waals surface area (Å²) in [4.78, 5) is 0. The van der Waals surface area contributed by atoms with Gasteiger partial charge in [0, 0.05) is 0 Å². The van der Waals surface area contributed by atoms with Crippen LogP contribution in [0.5, 0.6) is 0 Å². The number of benzene rings is 1. The highest BCUT2D eigenvalue weighted by atomic mass is 28.4. The standard InChI is InChI=1S/C15H22OSi.C7H12O/c1-13-8-7-9-14(12-13)16-17(2,3)15-10-5-4-6-11-15;1-6-3-2-4-7(8)5-6/h4-6,10-12,14H,7-9H2,1-3H3;5,7-8H,2-4H2,1H3. The third kappa shape index (κ3) is 6.93. The molecule has 0 aromatic heterocycles. The van der Waals surface area contributed by atoms with Crippen LogP contribution < -0.4 is 5.19 Å². The molecule has 2 nitrogen and oxygen atoms in total. The van der Waals surface area contributed by atoms with Gasteiger partial charge in [0.05, 0.1) is 12.2 Å². The lowest BCUT2D eigenvalue weighted by atomic mass is 9.99. The van der Waals surface area contributed by atoms with E-state index in [9.17, 15) is 0 Å². The van der Waals surface area contributed by atoms with Crippen molar-refractivity contribution in [1.82, 2.24) is 0 Å². The highest BCUT2D eigenvalue weighted by molar-refractivity contribution is 6.84. The molecule has 0 radical (unpaired) electrons. The maximum atomic E-state index is 9.00. The number of hydrogen-bond acceptors (Lipinski definition) is 2. The van der Waals surface area contributed by atoms with Gasteiger partial charge in [0.15, 0.2) is 0 Å². The van der Waals surface area contributed by atoms with Gasteiger partial charge < -0.3 is 9.53 Å². The maximum Gasteiger partial charge on any atom is 0.218 e. The summed E-state index contributed by atoms with van der Waals surface area (Å²) >= 11 is 0. The summed E-state index contributed by atoms with van der Waals surface area (Å²) < 4.78 is 6.40. The number of aliphatic hydroxyl groups is 1. The predicted octanol–water partition coefficient (Wildman–Crippen LogP) is 5.09. The van der Waals surface area contributed by atoms with Crippen LogP contribution in [0.1, 0.15) is 52.4 Å². The van der Waals surface area contributed by atoms with Crippen LogP contribution >= 0.6 is 0 Å². The third-order valence-electron chi connectivity index (χ3n) is 4.99. The largest absolute Gasteiger partial charge is 0.407 e. The molecule has 138 valence electrons. The van der Waals surface area contributed by atoms with Crippen molar-refractivity contribution in [3.63, 3.8) is 0 Å². The fraction of sp³-hybridized carbons (Fsp3) is 0.545. The van der Waals surface area contributed by atoms with Gasteiger partial charge in [-0.25, -0.2) is 0 Å². The van der Waals surface area contributed by atoms with Crippen molar-refractivity contribution in [3.05, 3.63) is 53.6 Å². The Kier molecular flexibility index (Phi) is 7.67. The molecular formula is C22H34O2Si. The van der Waals surface area contributed by atoms with Gasteiger partial charge in [-0.15, -0.1) is 0 Å². The molecule has 2 aliphatic rings. The molecule has 2 unspecified atom stereocenters. The van der Waals surface area contributed by atoms with E-state index < -0.39 is 8.32 Å². The Morgan fingerprint density at radius 3 is 2.04 bits per heavy atom. The molecule has 0 fully saturated rings.